The maximum absolute atomic E-state index is 12.3. The quantitative estimate of drug-likeness (QED) is 0.655. The molecular weight excluding hydrogens is 306 g/mol. The predicted octanol–water partition coefficient (Wildman–Crippen LogP) is 4.65. The van der Waals surface area contributed by atoms with Gasteiger partial charge in [0.15, 0.2) is 0 Å². The summed E-state index contributed by atoms with van der Waals surface area (Å²) in [5.41, 5.74) is 3.10. The van der Waals surface area contributed by atoms with Crippen LogP contribution in [-0.2, 0) is 6.42 Å². The van der Waals surface area contributed by atoms with Crippen LogP contribution in [0.2, 0.25) is 0 Å². The third-order valence-electron chi connectivity index (χ3n) is 3.76. The van der Waals surface area contributed by atoms with Crippen molar-refractivity contribution >= 4 is 11.8 Å². The van der Waals surface area contributed by atoms with Gasteiger partial charge >= 0.3 is 5.63 Å². The van der Waals surface area contributed by atoms with Crippen molar-refractivity contribution < 1.29 is 4.42 Å². The SMILES string of the molecule is CCc1cc(SC)ccc1-c1ccc(-c2cccnc2)c(=O)o1. The van der Waals surface area contributed by atoms with Gasteiger partial charge in [0.2, 0.25) is 0 Å². The highest BCUT2D eigenvalue weighted by atomic mass is 32.2. The summed E-state index contributed by atoms with van der Waals surface area (Å²) < 4.78 is 5.57. The van der Waals surface area contributed by atoms with E-state index in [0.717, 1.165) is 17.5 Å². The lowest BCUT2D eigenvalue weighted by Crippen LogP contribution is -2.03. The van der Waals surface area contributed by atoms with Crippen molar-refractivity contribution in [2.75, 3.05) is 6.26 Å². The number of thioether (sulfide) groups is 1. The van der Waals surface area contributed by atoms with E-state index < -0.39 is 0 Å². The molecule has 2 heterocycles. The summed E-state index contributed by atoms with van der Waals surface area (Å²) >= 11 is 1.71. The van der Waals surface area contributed by atoms with Crippen LogP contribution in [0.3, 0.4) is 0 Å². The van der Waals surface area contributed by atoms with E-state index in [1.54, 1.807) is 36.3 Å². The van der Waals surface area contributed by atoms with Crippen molar-refractivity contribution in [2.24, 2.45) is 0 Å². The molecule has 0 bridgehead atoms. The number of aromatic nitrogens is 1. The molecule has 0 amide bonds. The molecule has 0 saturated carbocycles. The molecule has 2 aromatic heterocycles. The zero-order chi connectivity index (χ0) is 16.2. The number of benzene rings is 1. The fourth-order valence-electron chi connectivity index (χ4n) is 2.53. The summed E-state index contributed by atoms with van der Waals surface area (Å²) in [4.78, 5) is 17.6. The van der Waals surface area contributed by atoms with Crippen LogP contribution in [0.5, 0.6) is 0 Å². The highest BCUT2D eigenvalue weighted by Crippen LogP contribution is 2.28. The van der Waals surface area contributed by atoms with Crippen LogP contribution in [0.1, 0.15) is 12.5 Å². The molecule has 116 valence electrons. The highest BCUT2D eigenvalue weighted by Gasteiger charge is 2.11. The smallest absolute Gasteiger partial charge is 0.344 e. The number of nitrogens with zero attached hydrogens (tertiary/aromatic N) is 1. The minimum atomic E-state index is -0.341. The lowest BCUT2D eigenvalue weighted by atomic mass is 10.0. The average molecular weight is 323 g/mol. The molecule has 23 heavy (non-hydrogen) atoms. The lowest BCUT2D eigenvalue weighted by Gasteiger charge is -2.09. The van der Waals surface area contributed by atoms with Gasteiger partial charge in [0, 0.05) is 28.4 Å². The summed E-state index contributed by atoms with van der Waals surface area (Å²) in [6.07, 6.45) is 6.28. The molecule has 0 atom stereocenters. The second-order valence-corrected chi connectivity index (χ2v) is 6.00. The van der Waals surface area contributed by atoms with Crippen molar-refractivity contribution in [2.45, 2.75) is 18.2 Å². The van der Waals surface area contributed by atoms with Crippen LogP contribution in [0.15, 0.2) is 69.0 Å². The number of aryl methyl sites for hydroxylation is 1. The van der Waals surface area contributed by atoms with E-state index in [1.165, 1.54) is 10.5 Å². The molecule has 0 aliphatic heterocycles. The van der Waals surface area contributed by atoms with E-state index in [9.17, 15) is 4.79 Å². The van der Waals surface area contributed by atoms with E-state index >= 15 is 0 Å². The first-order valence-electron chi connectivity index (χ1n) is 7.44. The zero-order valence-electron chi connectivity index (χ0n) is 13.1. The van der Waals surface area contributed by atoms with Crippen molar-refractivity contribution in [1.82, 2.24) is 4.98 Å². The summed E-state index contributed by atoms with van der Waals surface area (Å²) in [5.74, 6) is 0.604. The van der Waals surface area contributed by atoms with Gasteiger partial charge in [-0.1, -0.05) is 13.0 Å². The molecule has 3 rings (SSSR count). The van der Waals surface area contributed by atoms with Gasteiger partial charge in [0.25, 0.3) is 0 Å². The molecule has 0 unspecified atom stereocenters. The minimum Gasteiger partial charge on any atom is -0.422 e. The Morgan fingerprint density at radius 1 is 1.13 bits per heavy atom. The van der Waals surface area contributed by atoms with Gasteiger partial charge in [-0.15, -0.1) is 11.8 Å². The number of hydrogen-bond donors (Lipinski definition) is 0. The van der Waals surface area contributed by atoms with Gasteiger partial charge in [-0.3, -0.25) is 4.98 Å². The Hall–Kier alpha value is -2.33. The second kappa shape index (κ2) is 6.84. The van der Waals surface area contributed by atoms with E-state index in [1.807, 2.05) is 24.3 Å². The predicted molar refractivity (Wildman–Crippen MR) is 94.8 cm³/mol. The molecule has 3 aromatic rings. The molecular formula is C19H17NO2S. The van der Waals surface area contributed by atoms with Crippen molar-refractivity contribution in [3.63, 3.8) is 0 Å². The summed E-state index contributed by atoms with van der Waals surface area (Å²) in [6.45, 7) is 2.10. The van der Waals surface area contributed by atoms with Crippen LogP contribution >= 0.6 is 11.8 Å². The van der Waals surface area contributed by atoms with Gasteiger partial charge in [-0.25, -0.2) is 4.79 Å². The highest BCUT2D eigenvalue weighted by molar-refractivity contribution is 7.98. The van der Waals surface area contributed by atoms with E-state index in [0.29, 0.717) is 11.3 Å². The van der Waals surface area contributed by atoms with Gasteiger partial charge in [0.05, 0.1) is 5.56 Å². The molecule has 3 nitrogen and oxygen atoms in total. The van der Waals surface area contributed by atoms with Gasteiger partial charge < -0.3 is 4.42 Å². The Labute approximate surface area is 139 Å². The standard InChI is InChI=1S/C19H17NO2S/c1-3-13-11-15(23-2)6-7-16(13)18-9-8-17(19(21)22-18)14-5-4-10-20-12-14/h4-12H,3H2,1-2H3. The molecule has 0 aliphatic carbocycles. The number of pyridine rings is 1. The Morgan fingerprint density at radius 3 is 2.61 bits per heavy atom. The summed E-state index contributed by atoms with van der Waals surface area (Å²) in [5, 5.41) is 0. The first-order valence-corrected chi connectivity index (χ1v) is 8.67. The van der Waals surface area contributed by atoms with Crippen LogP contribution in [0.25, 0.3) is 22.5 Å². The maximum Gasteiger partial charge on any atom is 0.344 e. The van der Waals surface area contributed by atoms with E-state index in [2.05, 4.69) is 24.2 Å². The van der Waals surface area contributed by atoms with Crippen LogP contribution < -0.4 is 5.63 Å². The Morgan fingerprint density at radius 2 is 1.96 bits per heavy atom. The average Bonchev–Trinajstić information content (AvgIpc) is 2.61. The first kappa shape index (κ1) is 15.6. The number of hydrogen-bond acceptors (Lipinski definition) is 4. The Bertz CT molecular complexity index is 872. The molecule has 4 heteroatoms. The second-order valence-electron chi connectivity index (χ2n) is 5.12. The van der Waals surface area contributed by atoms with Crippen LogP contribution in [0.4, 0.5) is 0 Å². The third-order valence-corrected chi connectivity index (χ3v) is 4.48. The van der Waals surface area contributed by atoms with Gasteiger partial charge in [-0.2, -0.15) is 0 Å². The topological polar surface area (TPSA) is 43.1 Å². The van der Waals surface area contributed by atoms with Gasteiger partial charge in [-0.05, 0) is 54.6 Å². The molecule has 0 fully saturated rings. The molecule has 0 radical (unpaired) electrons. The molecule has 1 aromatic carbocycles. The Kier molecular flexibility index (Phi) is 4.63. The molecule has 0 aliphatic rings. The fraction of sp³-hybridized carbons (Fsp3) is 0.158. The zero-order valence-corrected chi connectivity index (χ0v) is 13.9. The Balaban J connectivity index is 2.06. The lowest BCUT2D eigenvalue weighted by molar-refractivity contribution is 0.527. The summed E-state index contributed by atoms with van der Waals surface area (Å²) in [6, 6.07) is 13.5. The van der Waals surface area contributed by atoms with Crippen molar-refractivity contribution in [3.8, 4) is 22.5 Å². The molecule has 0 saturated heterocycles. The molecule has 0 N–H and O–H groups in total. The van der Waals surface area contributed by atoms with Crippen LogP contribution in [-0.4, -0.2) is 11.2 Å². The maximum atomic E-state index is 12.3. The molecule has 0 spiro atoms. The van der Waals surface area contributed by atoms with Crippen molar-refractivity contribution in [1.29, 1.82) is 0 Å². The van der Waals surface area contributed by atoms with E-state index in [4.69, 9.17) is 4.42 Å². The normalized spacial score (nSPS) is 10.7. The monoisotopic (exact) mass is 323 g/mol. The number of rotatable bonds is 4. The summed E-state index contributed by atoms with van der Waals surface area (Å²) in [7, 11) is 0. The largest absolute Gasteiger partial charge is 0.422 e. The minimum absolute atomic E-state index is 0.341. The fourth-order valence-corrected chi connectivity index (χ4v) is 2.99. The van der Waals surface area contributed by atoms with E-state index in [-0.39, 0.29) is 5.63 Å². The van der Waals surface area contributed by atoms with Crippen LogP contribution in [0, 0.1) is 0 Å². The third kappa shape index (κ3) is 3.22. The van der Waals surface area contributed by atoms with Gasteiger partial charge in [0.1, 0.15) is 5.76 Å². The van der Waals surface area contributed by atoms with Crippen molar-refractivity contribution in [3.05, 3.63) is 70.8 Å². The first-order chi connectivity index (χ1) is 11.2.